The molecule has 0 saturated heterocycles. The summed E-state index contributed by atoms with van der Waals surface area (Å²) in [7, 11) is 0. The molecule has 112 valence electrons. The lowest BCUT2D eigenvalue weighted by Crippen LogP contribution is -2.35. The number of fused-ring (bicyclic) bond motifs is 1. The van der Waals surface area contributed by atoms with Crippen molar-refractivity contribution in [1.29, 1.82) is 0 Å². The number of carboxylic acid groups (broad SMARTS) is 1. The third kappa shape index (κ3) is 4.23. The molecule has 1 heterocycles. The van der Waals surface area contributed by atoms with Crippen LogP contribution in [0.2, 0.25) is 5.02 Å². The van der Waals surface area contributed by atoms with Crippen molar-refractivity contribution in [3.63, 3.8) is 0 Å². The van der Waals surface area contributed by atoms with Crippen LogP contribution in [-0.4, -0.2) is 27.6 Å². The van der Waals surface area contributed by atoms with Gasteiger partial charge in [0.25, 0.3) is 0 Å². The molecule has 0 bridgehead atoms. The molecule has 1 unspecified atom stereocenters. The lowest BCUT2D eigenvalue weighted by atomic mass is 10.2. The minimum absolute atomic E-state index is 0.0451. The molecule has 2 aromatic rings. The highest BCUT2D eigenvalue weighted by molar-refractivity contribution is 6.31. The molecule has 21 heavy (non-hydrogen) atoms. The Morgan fingerprint density at radius 1 is 1.38 bits per heavy atom. The van der Waals surface area contributed by atoms with E-state index in [4.69, 9.17) is 16.7 Å². The topological polar surface area (TPSA) is 71.3 Å². The van der Waals surface area contributed by atoms with E-state index in [-0.39, 0.29) is 24.9 Å². The number of aromatic nitrogens is 1. The van der Waals surface area contributed by atoms with E-state index in [1.54, 1.807) is 6.92 Å². The standard InChI is InChI=1S/C15H17ClN2O3/c1-10(2-5-15(20)21)17-14(19)9-18-7-6-11-3-4-12(16)8-13(11)18/h3-4,6-8,10H,2,5,9H2,1H3,(H,17,19)(H,20,21). The van der Waals surface area contributed by atoms with Crippen LogP contribution in [0, 0.1) is 0 Å². The van der Waals surface area contributed by atoms with Gasteiger partial charge in [-0.25, -0.2) is 0 Å². The van der Waals surface area contributed by atoms with Crippen LogP contribution in [0.3, 0.4) is 0 Å². The van der Waals surface area contributed by atoms with E-state index in [1.165, 1.54) is 0 Å². The van der Waals surface area contributed by atoms with Gasteiger partial charge in [-0.05, 0) is 36.9 Å². The first-order valence-electron chi connectivity index (χ1n) is 6.71. The smallest absolute Gasteiger partial charge is 0.303 e. The first-order chi connectivity index (χ1) is 9.95. The molecule has 1 amide bonds. The van der Waals surface area contributed by atoms with Gasteiger partial charge in [-0.3, -0.25) is 9.59 Å². The van der Waals surface area contributed by atoms with E-state index in [0.29, 0.717) is 11.4 Å². The molecular weight excluding hydrogens is 292 g/mol. The molecule has 0 radical (unpaired) electrons. The van der Waals surface area contributed by atoms with Crippen LogP contribution in [0.5, 0.6) is 0 Å². The molecule has 5 nitrogen and oxygen atoms in total. The zero-order valence-corrected chi connectivity index (χ0v) is 12.4. The maximum atomic E-state index is 12.0. The van der Waals surface area contributed by atoms with Crippen molar-refractivity contribution in [2.45, 2.75) is 32.4 Å². The predicted molar refractivity (Wildman–Crippen MR) is 81.4 cm³/mol. The number of halogens is 1. The van der Waals surface area contributed by atoms with E-state index >= 15 is 0 Å². The average Bonchev–Trinajstić information content (AvgIpc) is 2.79. The highest BCUT2D eigenvalue weighted by Gasteiger charge is 2.11. The highest BCUT2D eigenvalue weighted by atomic mass is 35.5. The number of nitrogens with zero attached hydrogens (tertiary/aromatic N) is 1. The number of carbonyl (C=O) groups excluding carboxylic acids is 1. The molecule has 0 fully saturated rings. The van der Waals surface area contributed by atoms with Crippen LogP contribution < -0.4 is 5.32 Å². The first-order valence-corrected chi connectivity index (χ1v) is 7.09. The Balaban J connectivity index is 1.98. The summed E-state index contributed by atoms with van der Waals surface area (Å²) in [6.45, 7) is 1.98. The zero-order chi connectivity index (χ0) is 15.4. The van der Waals surface area contributed by atoms with E-state index < -0.39 is 5.97 Å². The summed E-state index contributed by atoms with van der Waals surface area (Å²) in [6, 6.07) is 7.29. The lowest BCUT2D eigenvalue weighted by molar-refractivity contribution is -0.137. The molecule has 0 aliphatic rings. The highest BCUT2D eigenvalue weighted by Crippen LogP contribution is 2.20. The van der Waals surface area contributed by atoms with Crippen LogP contribution >= 0.6 is 11.6 Å². The van der Waals surface area contributed by atoms with E-state index in [1.807, 2.05) is 35.0 Å². The number of hydrogen-bond acceptors (Lipinski definition) is 2. The summed E-state index contributed by atoms with van der Waals surface area (Å²) in [6.07, 6.45) is 2.30. The molecule has 1 aromatic heterocycles. The second-order valence-corrected chi connectivity index (χ2v) is 5.48. The molecule has 2 N–H and O–H groups in total. The number of rotatable bonds is 6. The van der Waals surface area contributed by atoms with Gasteiger partial charge in [-0.1, -0.05) is 17.7 Å². The Morgan fingerprint density at radius 3 is 2.86 bits per heavy atom. The SMILES string of the molecule is CC(CCC(=O)O)NC(=O)Cn1ccc2ccc(Cl)cc21. The predicted octanol–water partition coefficient (Wildman–Crippen LogP) is 2.66. The van der Waals surface area contributed by atoms with Crippen molar-refractivity contribution in [3.8, 4) is 0 Å². The summed E-state index contributed by atoms with van der Waals surface area (Å²) < 4.78 is 1.82. The maximum Gasteiger partial charge on any atom is 0.303 e. The van der Waals surface area contributed by atoms with Crippen molar-refractivity contribution in [1.82, 2.24) is 9.88 Å². The monoisotopic (exact) mass is 308 g/mol. The normalized spacial score (nSPS) is 12.3. The molecule has 0 aliphatic carbocycles. The van der Waals surface area contributed by atoms with Gasteiger partial charge in [-0.15, -0.1) is 0 Å². The number of amides is 1. The van der Waals surface area contributed by atoms with Crippen LogP contribution in [0.15, 0.2) is 30.5 Å². The molecular formula is C15H17ClN2O3. The maximum absolute atomic E-state index is 12.0. The van der Waals surface area contributed by atoms with E-state index in [2.05, 4.69) is 5.32 Å². The number of hydrogen-bond donors (Lipinski definition) is 2. The van der Waals surface area contributed by atoms with E-state index in [0.717, 1.165) is 10.9 Å². The van der Waals surface area contributed by atoms with Crippen LogP contribution in [-0.2, 0) is 16.1 Å². The number of carbonyl (C=O) groups is 2. The van der Waals surface area contributed by atoms with Crippen molar-refractivity contribution < 1.29 is 14.7 Å². The Morgan fingerprint density at radius 2 is 2.14 bits per heavy atom. The van der Waals surface area contributed by atoms with Gasteiger partial charge in [0.1, 0.15) is 6.54 Å². The van der Waals surface area contributed by atoms with Crippen molar-refractivity contribution in [3.05, 3.63) is 35.5 Å². The van der Waals surface area contributed by atoms with Gasteiger partial charge in [0, 0.05) is 29.2 Å². The summed E-state index contributed by atoms with van der Waals surface area (Å²) in [5.74, 6) is -1.01. The Hall–Kier alpha value is -2.01. The number of aliphatic carboxylic acids is 1. The fourth-order valence-electron chi connectivity index (χ4n) is 2.18. The van der Waals surface area contributed by atoms with Gasteiger partial charge in [0.05, 0.1) is 0 Å². The minimum atomic E-state index is -0.859. The molecule has 2 rings (SSSR count). The number of carboxylic acids is 1. The fourth-order valence-corrected chi connectivity index (χ4v) is 2.35. The number of benzene rings is 1. The molecule has 1 atom stereocenters. The van der Waals surface area contributed by atoms with Crippen molar-refractivity contribution >= 4 is 34.4 Å². The largest absolute Gasteiger partial charge is 0.481 e. The second-order valence-electron chi connectivity index (χ2n) is 5.05. The van der Waals surface area contributed by atoms with E-state index in [9.17, 15) is 9.59 Å². The van der Waals surface area contributed by atoms with Crippen molar-refractivity contribution in [2.24, 2.45) is 0 Å². The Kier molecular flexibility index (Phi) is 4.85. The minimum Gasteiger partial charge on any atom is -0.481 e. The van der Waals surface area contributed by atoms with Crippen LogP contribution in [0.1, 0.15) is 19.8 Å². The van der Waals surface area contributed by atoms with Crippen molar-refractivity contribution in [2.75, 3.05) is 0 Å². The molecule has 0 spiro atoms. The van der Waals surface area contributed by atoms with Gasteiger partial charge < -0.3 is 15.0 Å². The summed E-state index contributed by atoms with van der Waals surface area (Å²) >= 11 is 5.97. The summed E-state index contributed by atoms with van der Waals surface area (Å²) in [4.78, 5) is 22.5. The molecule has 1 aromatic carbocycles. The second kappa shape index (κ2) is 6.63. The zero-order valence-electron chi connectivity index (χ0n) is 11.7. The average molecular weight is 309 g/mol. The lowest BCUT2D eigenvalue weighted by Gasteiger charge is -2.13. The fraction of sp³-hybridized carbons (Fsp3) is 0.333. The summed E-state index contributed by atoms with van der Waals surface area (Å²) in [5, 5.41) is 13.1. The first kappa shape index (κ1) is 15.4. The van der Waals surface area contributed by atoms with Crippen LogP contribution in [0.4, 0.5) is 0 Å². The molecule has 0 saturated carbocycles. The van der Waals surface area contributed by atoms with Gasteiger partial charge in [0.2, 0.25) is 5.91 Å². The van der Waals surface area contributed by atoms with Gasteiger partial charge in [0.15, 0.2) is 0 Å². The Labute approximate surface area is 127 Å². The van der Waals surface area contributed by atoms with Gasteiger partial charge in [-0.2, -0.15) is 0 Å². The van der Waals surface area contributed by atoms with Crippen LogP contribution in [0.25, 0.3) is 10.9 Å². The third-order valence-corrected chi connectivity index (χ3v) is 3.48. The third-order valence-electron chi connectivity index (χ3n) is 3.25. The quantitative estimate of drug-likeness (QED) is 0.862. The Bertz CT molecular complexity index is 666. The molecule has 6 heteroatoms. The molecule has 0 aliphatic heterocycles. The van der Waals surface area contributed by atoms with Gasteiger partial charge >= 0.3 is 5.97 Å². The number of nitrogens with one attached hydrogen (secondary N) is 1. The summed E-state index contributed by atoms with van der Waals surface area (Å²) in [5.41, 5.74) is 0.899.